The van der Waals surface area contributed by atoms with Crippen LogP contribution < -0.4 is 14.8 Å². The zero-order valence-corrected chi connectivity index (χ0v) is 15.8. The van der Waals surface area contributed by atoms with Gasteiger partial charge in [0.2, 0.25) is 0 Å². The molecule has 0 atom stereocenters. The number of nitrogens with zero attached hydrogens (tertiary/aromatic N) is 1. The molecule has 0 unspecified atom stereocenters. The zero-order chi connectivity index (χ0) is 19.6. The van der Waals surface area contributed by atoms with Crippen LogP contribution >= 0.6 is 0 Å². The maximum atomic E-state index is 12.9. The molecule has 1 aromatic carbocycles. The Balaban J connectivity index is 2.01. The van der Waals surface area contributed by atoms with Crippen molar-refractivity contribution in [3.63, 3.8) is 0 Å². The molecule has 1 aliphatic carbocycles. The molecule has 0 bridgehead atoms. The summed E-state index contributed by atoms with van der Waals surface area (Å²) in [6.45, 7) is 3.75. The molecular formula is C20H24N2O5. The number of imide groups is 2. The van der Waals surface area contributed by atoms with Crippen LogP contribution in [0.25, 0.3) is 6.08 Å². The Bertz CT molecular complexity index is 794. The Morgan fingerprint density at radius 1 is 1.19 bits per heavy atom. The van der Waals surface area contributed by atoms with E-state index in [2.05, 4.69) is 5.32 Å². The smallest absolute Gasteiger partial charge is 0.331 e. The molecule has 0 spiro atoms. The number of methoxy groups -OCH3 is 1. The molecule has 2 aliphatic rings. The van der Waals surface area contributed by atoms with Gasteiger partial charge >= 0.3 is 6.03 Å². The predicted octanol–water partition coefficient (Wildman–Crippen LogP) is 2.89. The van der Waals surface area contributed by atoms with Gasteiger partial charge in [-0.3, -0.25) is 19.8 Å². The molecule has 1 heterocycles. The first kappa shape index (κ1) is 18.9. The van der Waals surface area contributed by atoms with Crippen LogP contribution in [0.15, 0.2) is 23.8 Å². The molecule has 144 valence electrons. The van der Waals surface area contributed by atoms with Crippen LogP contribution in [0.3, 0.4) is 0 Å². The molecule has 3 rings (SSSR count). The van der Waals surface area contributed by atoms with Crippen LogP contribution in [0, 0.1) is 0 Å². The van der Waals surface area contributed by atoms with Crippen molar-refractivity contribution >= 4 is 23.9 Å². The summed E-state index contributed by atoms with van der Waals surface area (Å²) >= 11 is 0. The summed E-state index contributed by atoms with van der Waals surface area (Å²) in [4.78, 5) is 38.7. The van der Waals surface area contributed by atoms with Gasteiger partial charge in [-0.05, 0) is 38.8 Å². The summed E-state index contributed by atoms with van der Waals surface area (Å²) in [5.74, 6) is -0.301. The molecule has 7 heteroatoms. The number of carbonyl (C=O) groups is 3. The van der Waals surface area contributed by atoms with Crippen LogP contribution in [-0.4, -0.2) is 42.0 Å². The number of hydrogen-bond donors (Lipinski definition) is 1. The highest BCUT2D eigenvalue weighted by atomic mass is 16.5. The van der Waals surface area contributed by atoms with Gasteiger partial charge in [-0.1, -0.05) is 25.0 Å². The lowest BCUT2D eigenvalue weighted by atomic mass is 10.0. The van der Waals surface area contributed by atoms with Crippen molar-refractivity contribution < 1.29 is 23.9 Å². The third-order valence-electron chi connectivity index (χ3n) is 4.71. The van der Waals surface area contributed by atoms with Crippen molar-refractivity contribution in [2.75, 3.05) is 7.11 Å². The first-order valence-electron chi connectivity index (χ1n) is 9.16. The fraction of sp³-hybridized carbons (Fsp3) is 0.450. The summed E-state index contributed by atoms with van der Waals surface area (Å²) in [6.07, 6.45) is 4.81. The second-order valence-electron chi connectivity index (χ2n) is 6.98. The summed E-state index contributed by atoms with van der Waals surface area (Å²) in [5.41, 5.74) is 0.464. The minimum Gasteiger partial charge on any atom is -0.493 e. The van der Waals surface area contributed by atoms with Crippen molar-refractivity contribution in [3.8, 4) is 11.5 Å². The molecule has 7 nitrogen and oxygen atoms in total. The van der Waals surface area contributed by atoms with Crippen LogP contribution in [0.5, 0.6) is 11.5 Å². The van der Waals surface area contributed by atoms with Gasteiger partial charge in [0.15, 0.2) is 11.5 Å². The van der Waals surface area contributed by atoms with Crippen molar-refractivity contribution in [1.29, 1.82) is 0 Å². The highest BCUT2D eigenvalue weighted by molar-refractivity contribution is 6.31. The first-order valence-corrected chi connectivity index (χ1v) is 9.16. The quantitative estimate of drug-likeness (QED) is 0.635. The summed E-state index contributed by atoms with van der Waals surface area (Å²) in [6, 6.07) is 4.44. The molecule has 2 fully saturated rings. The molecule has 1 aromatic rings. The minimum atomic E-state index is -0.697. The van der Waals surface area contributed by atoms with Crippen molar-refractivity contribution in [2.45, 2.75) is 51.7 Å². The van der Waals surface area contributed by atoms with Crippen molar-refractivity contribution in [3.05, 3.63) is 29.3 Å². The van der Waals surface area contributed by atoms with Gasteiger partial charge in [-0.15, -0.1) is 0 Å². The van der Waals surface area contributed by atoms with E-state index in [0.717, 1.165) is 25.7 Å². The number of benzene rings is 1. The Morgan fingerprint density at radius 3 is 2.52 bits per heavy atom. The summed E-state index contributed by atoms with van der Waals surface area (Å²) in [5, 5.41) is 2.28. The fourth-order valence-electron chi connectivity index (χ4n) is 3.49. The topological polar surface area (TPSA) is 84.9 Å². The van der Waals surface area contributed by atoms with Crippen LogP contribution in [0.4, 0.5) is 4.79 Å². The Labute approximate surface area is 158 Å². The number of barbiturate groups is 1. The van der Waals surface area contributed by atoms with Gasteiger partial charge in [0.1, 0.15) is 5.57 Å². The highest BCUT2D eigenvalue weighted by Gasteiger charge is 2.40. The van der Waals surface area contributed by atoms with E-state index in [1.807, 2.05) is 13.8 Å². The SMILES string of the molecule is COc1cccc(/C=C2\C(=O)NC(=O)N(C3CCCC3)C2=O)c1OC(C)C. The average Bonchev–Trinajstić information content (AvgIpc) is 3.13. The lowest BCUT2D eigenvalue weighted by molar-refractivity contribution is -0.131. The second kappa shape index (κ2) is 7.82. The van der Waals surface area contributed by atoms with Crippen LogP contribution in [0.2, 0.25) is 0 Å². The number of nitrogens with one attached hydrogen (secondary N) is 1. The monoisotopic (exact) mass is 372 g/mol. The molecule has 27 heavy (non-hydrogen) atoms. The fourth-order valence-corrected chi connectivity index (χ4v) is 3.49. The van der Waals surface area contributed by atoms with Crippen LogP contribution in [-0.2, 0) is 9.59 Å². The number of para-hydroxylation sites is 1. The van der Waals surface area contributed by atoms with Gasteiger partial charge in [0.25, 0.3) is 11.8 Å². The summed E-state index contributed by atoms with van der Waals surface area (Å²) in [7, 11) is 1.53. The largest absolute Gasteiger partial charge is 0.493 e. The van der Waals surface area contributed by atoms with E-state index in [1.165, 1.54) is 18.1 Å². The van der Waals surface area contributed by atoms with Gasteiger partial charge < -0.3 is 9.47 Å². The number of amides is 4. The molecule has 0 radical (unpaired) electrons. The van der Waals surface area contributed by atoms with Gasteiger partial charge in [0.05, 0.1) is 13.2 Å². The number of ether oxygens (including phenoxy) is 2. The summed E-state index contributed by atoms with van der Waals surface area (Å²) < 4.78 is 11.2. The van der Waals surface area contributed by atoms with Crippen LogP contribution in [0.1, 0.15) is 45.1 Å². The second-order valence-corrected chi connectivity index (χ2v) is 6.98. The van der Waals surface area contributed by atoms with E-state index in [0.29, 0.717) is 17.1 Å². The standard InChI is InChI=1S/C20H24N2O5/c1-12(2)27-17-13(7-6-10-16(17)26-3)11-15-18(23)21-20(25)22(19(15)24)14-8-4-5-9-14/h6-7,10-12,14H,4-5,8-9H2,1-3H3,(H,21,23,25)/b15-11+. The maximum absolute atomic E-state index is 12.9. The number of carbonyl (C=O) groups excluding carboxylic acids is 3. The van der Waals surface area contributed by atoms with E-state index in [9.17, 15) is 14.4 Å². The number of rotatable bonds is 5. The Morgan fingerprint density at radius 2 is 1.89 bits per heavy atom. The number of hydrogen-bond acceptors (Lipinski definition) is 5. The molecule has 1 aliphatic heterocycles. The third-order valence-corrected chi connectivity index (χ3v) is 4.71. The molecule has 4 amide bonds. The van der Waals surface area contributed by atoms with E-state index < -0.39 is 17.8 Å². The minimum absolute atomic E-state index is 0.0802. The molecule has 1 saturated heterocycles. The zero-order valence-electron chi connectivity index (χ0n) is 15.8. The van der Waals surface area contributed by atoms with E-state index >= 15 is 0 Å². The van der Waals surface area contributed by atoms with Gasteiger partial charge in [0, 0.05) is 11.6 Å². The first-order chi connectivity index (χ1) is 12.9. The van der Waals surface area contributed by atoms with E-state index in [1.54, 1.807) is 18.2 Å². The normalized spacial score (nSPS) is 19.8. The molecule has 1 N–H and O–H groups in total. The Hall–Kier alpha value is -2.83. The lowest BCUT2D eigenvalue weighted by Crippen LogP contribution is -2.57. The van der Waals surface area contributed by atoms with Gasteiger partial charge in [-0.2, -0.15) is 0 Å². The average molecular weight is 372 g/mol. The lowest BCUT2D eigenvalue weighted by Gasteiger charge is -2.31. The highest BCUT2D eigenvalue weighted by Crippen LogP contribution is 2.34. The molecular weight excluding hydrogens is 348 g/mol. The third kappa shape index (κ3) is 3.82. The van der Waals surface area contributed by atoms with Gasteiger partial charge in [-0.25, -0.2) is 4.79 Å². The maximum Gasteiger partial charge on any atom is 0.331 e. The molecule has 0 aromatic heterocycles. The van der Waals surface area contributed by atoms with E-state index in [-0.39, 0.29) is 17.7 Å². The van der Waals surface area contributed by atoms with E-state index in [4.69, 9.17) is 9.47 Å². The van der Waals surface area contributed by atoms with Crippen molar-refractivity contribution in [1.82, 2.24) is 10.2 Å². The number of urea groups is 1. The molecule has 1 saturated carbocycles. The Kier molecular flexibility index (Phi) is 5.48. The van der Waals surface area contributed by atoms with Crippen molar-refractivity contribution in [2.24, 2.45) is 0 Å². The predicted molar refractivity (Wildman–Crippen MR) is 99.4 cm³/mol.